The van der Waals surface area contributed by atoms with Crippen LogP contribution < -0.4 is 5.56 Å². The van der Waals surface area contributed by atoms with Crippen LogP contribution in [0.4, 0.5) is 0 Å². The van der Waals surface area contributed by atoms with Crippen molar-refractivity contribution in [3.8, 4) is 0 Å². The van der Waals surface area contributed by atoms with Crippen molar-refractivity contribution in [2.24, 2.45) is 0 Å². The van der Waals surface area contributed by atoms with Gasteiger partial charge in [-0.05, 0) is 31.9 Å². The molecule has 1 atom stereocenters. The first-order valence-corrected chi connectivity index (χ1v) is 9.91. The molecule has 9 nitrogen and oxygen atoms in total. The fourth-order valence-corrected chi connectivity index (χ4v) is 4.29. The molecule has 1 amide bonds. The van der Waals surface area contributed by atoms with Crippen molar-refractivity contribution in [2.75, 3.05) is 19.8 Å². The van der Waals surface area contributed by atoms with E-state index in [9.17, 15) is 9.59 Å². The van der Waals surface area contributed by atoms with Gasteiger partial charge in [0.15, 0.2) is 11.6 Å². The highest BCUT2D eigenvalue weighted by atomic mass is 16.5. The minimum Gasteiger partial charge on any atom is -0.381 e. The number of hydrogen-bond donors (Lipinski definition) is 1. The van der Waals surface area contributed by atoms with E-state index in [4.69, 9.17) is 4.74 Å². The van der Waals surface area contributed by atoms with Gasteiger partial charge in [-0.25, -0.2) is 4.98 Å². The molecule has 0 radical (unpaired) electrons. The van der Waals surface area contributed by atoms with Crippen LogP contribution in [0.5, 0.6) is 0 Å². The Kier molecular flexibility index (Phi) is 4.39. The number of hydrogen-bond acceptors (Lipinski definition) is 6. The van der Waals surface area contributed by atoms with E-state index in [-0.39, 0.29) is 23.3 Å². The molecule has 2 aliphatic rings. The summed E-state index contributed by atoms with van der Waals surface area (Å²) in [6.45, 7) is 4.40. The fraction of sp³-hybridized carbons (Fsp3) is 0.450. The highest BCUT2D eigenvalue weighted by Gasteiger charge is 2.33. The molecular weight excluding hydrogens is 372 g/mol. The molecule has 1 N–H and O–H groups in total. The highest BCUT2D eigenvalue weighted by molar-refractivity contribution is 5.92. The van der Waals surface area contributed by atoms with Crippen LogP contribution in [0.3, 0.4) is 0 Å². The molecule has 2 aliphatic heterocycles. The Balaban J connectivity index is 1.43. The second-order valence-electron chi connectivity index (χ2n) is 7.70. The monoisotopic (exact) mass is 394 g/mol. The van der Waals surface area contributed by atoms with E-state index in [0.717, 1.165) is 37.7 Å². The summed E-state index contributed by atoms with van der Waals surface area (Å²) >= 11 is 0. The number of H-pyrrole nitrogens is 1. The third kappa shape index (κ3) is 3.11. The Morgan fingerprint density at radius 1 is 1.21 bits per heavy atom. The second-order valence-corrected chi connectivity index (χ2v) is 7.70. The summed E-state index contributed by atoms with van der Waals surface area (Å²) < 4.78 is 7.62. The molecule has 1 aromatic carbocycles. The lowest BCUT2D eigenvalue weighted by Crippen LogP contribution is -2.42. The normalized spacial score (nSPS) is 20.0. The topological polar surface area (TPSA) is 106 Å². The Labute approximate surface area is 166 Å². The van der Waals surface area contributed by atoms with Gasteiger partial charge in [0, 0.05) is 25.7 Å². The number of aromatic amines is 1. The van der Waals surface area contributed by atoms with E-state index in [1.54, 1.807) is 29.2 Å². The number of carbonyl (C=O) groups is 1. The Morgan fingerprint density at radius 3 is 2.83 bits per heavy atom. The van der Waals surface area contributed by atoms with Gasteiger partial charge in [-0.3, -0.25) is 9.59 Å². The van der Waals surface area contributed by atoms with Crippen LogP contribution in [0.1, 0.15) is 54.0 Å². The molecule has 150 valence electrons. The zero-order chi connectivity index (χ0) is 20.0. The maximum absolute atomic E-state index is 13.1. The quantitative estimate of drug-likeness (QED) is 0.708. The Morgan fingerprint density at radius 2 is 2.00 bits per heavy atom. The van der Waals surface area contributed by atoms with Gasteiger partial charge < -0.3 is 19.2 Å². The van der Waals surface area contributed by atoms with E-state index < -0.39 is 0 Å². The number of benzene rings is 1. The Hall–Kier alpha value is -3.07. The van der Waals surface area contributed by atoms with Crippen LogP contribution in [0.15, 0.2) is 29.1 Å². The zero-order valence-corrected chi connectivity index (χ0v) is 16.2. The summed E-state index contributed by atoms with van der Waals surface area (Å²) in [4.78, 5) is 34.1. The number of nitrogens with one attached hydrogen (secondary N) is 1. The first kappa shape index (κ1) is 18.0. The summed E-state index contributed by atoms with van der Waals surface area (Å²) in [7, 11) is 0. The molecule has 2 aromatic heterocycles. The van der Waals surface area contributed by atoms with Gasteiger partial charge in [0.25, 0.3) is 11.5 Å². The first-order valence-electron chi connectivity index (χ1n) is 9.91. The minimum absolute atomic E-state index is 0.0442. The van der Waals surface area contributed by atoms with Crippen molar-refractivity contribution in [2.45, 2.75) is 38.3 Å². The summed E-state index contributed by atoms with van der Waals surface area (Å²) in [5.41, 5.74) is 0.198. The van der Waals surface area contributed by atoms with E-state index in [1.165, 1.54) is 0 Å². The number of fused-ring (bicyclic) bond motifs is 2. The molecule has 0 spiro atoms. The third-order valence-corrected chi connectivity index (χ3v) is 5.74. The molecule has 29 heavy (non-hydrogen) atoms. The van der Waals surface area contributed by atoms with Crippen molar-refractivity contribution in [3.05, 3.63) is 52.1 Å². The summed E-state index contributed by atoms with van der Waals surface area (Å²) in [6, 6.07) is 7.04. The number of rotatable bonds is 2. The van der Waals surface area contributed by atoms with Crippen LogP contribution in [-0.4, -0.2) is 55.3 Å². The maximum Gasteiger partial charge on any atom is 0.290 e. The molecule has 0 bridgehead atoms. The van der Waals surface area contributed by atoms with Crippen LogP contribution in [0.2, 0.25) is 0 Å². The lowest BCUT2D eigenvalue weighted by atomic mass is 9.99. The number of para-hydroxylation sites is 1. The number of aromatic nitrogens is 5. The molecule has 1 fully saturated rings. The van der Waals surface area contributed by atoms with Gasteiger partial charge in [-0.1, -0.05) is 12.1 Å². The van der Waals surface area contributed by atoms with Gasteiger partial charge >= 0.3 is 0 Å². The lowest BCUT2D eigenvalue weighted by molar-refractivity contribution is 0.0657. The van der Waals surface area contributed by atoms with Gasteiger partial charge in [0.2, 0.25) is 0 Å². The molecule has 0 saturated carbocycles. The number of carbonyl (C=O) groups excluding carboxylic acids is 1. The average molecular weight is 394 g/mol. The van der Waals surface area contributed by atoms with E-state index in [0.29, 0.717) is 29.9 Å². The molecule has 5 rings (SSSR count). The van der Waals surface area contributed by atoms with Gasteiger partial charge in [-0.2, -0.15) is 0 Å². The third-order valence-electron chi connectivity index (χ3n) is 5.74. The van der Waals surface area contributed by atoms with Crippen molar-refractivity contribution in [1.29, 1.82) is 0 Å². The lowest BCUT2D eigenvalue weighted by Gasteiger charge is -2.33. The second kappa shape index (κ2) is 7.07. The highest BCUT2D eigenvalue weighted by Crippen LogP contribution is 2.31. The van der Waals surface area contributed by atoms with Crippen molar-refractivity contribution < 1.29 is 9.53 Å². The largest absolute Gasteiger partial charge is 0.381 e. The Bertz CT molecular complexity index is 1130. The molecule has 0 unspecified atom stereocenters. The zero-order valence-electron chi connectivity index (χ0n) is 16.2. The predicted molar refractivity (Wildman–Crippen MR) is 105 cm³/mol. The summed E-state index contributed by atoms with van der Waals surface area (Å²) in [5, 5.41) is 9.27. The standard InChI is InChI=1S/C20H22N6O3/c1-12-10-25(11-16-23-24-18(26(12)16)13-6-8-29-9-7-13)20(28)17-21-15-5-3-2-4-14(15)19(27)22-17/h2-5,12-13H,6-11H2,1H3,(H,21,22,27)/t12-/m0/s1. The van der Waals surface area contributed by atoms with E-state index in [2.05, 4.69) is 31.7 Å². The molecule has 1 saturated heterocycles. The van der Waals surface area contributed by atoms with Crippen molar-refractivity contribution >= 4 is 16.8 Å². The van der Waals surface area contributed by atoms with Crippen LogP contribution in [-0.2, 0) is 11.3 Å². The molecular formula is C20H22N6O3. The molecule has 4 heterocycles. The first-order chi connectivity index (χ1) is 14.1. The number of ether oxygens (including phenoxy) is 1. The SMILES string of the molecule is C[C@H]1CN(C(=O)c2nc3ccccc3c(=O)[nH]2)Cc2nnc(C3CCOCC3)n21. The molecule has 3 aromatic rings. The van der Waals surface area contributed by atoms with Crippen LogP contribution in [0.25, 0.3) is 10.9 Å². The maximum atomic E-state index is 13.1. The molecule has 9 heteroatoms. The number of nitrogens with zero attached hydrogens (tertiary/aromatic N) is 5. The smallest absolute Gasteiger partial charge is 0.290 e. The van der Waals surface area contributed by atoms with E-state index >= 15 is 0 Å². The van der Waals surface area contributed by atoms with Crippen molar-refractivity contribution in [3.63, 3.8) is 0 Å². The number of amides is 1. The minimum atomic E-state index is -0.311. The van der Waals surface area contributed by atoms with Gasteiger partial charge in [-0.15, -0.1) is 10.2 Å². The molecule has 0 aliphatic carbocycles. The van der Waals surface area contributed by atoms with Gasteiger partial charge in [0.05, 0.1) is 23.5 Å². The summed E-state index contributed by atoms with van der Waals surface area (Å²) in [5.74, 6) is 1.84. The van der Waals surface area contributed by atoms with Crippen LogP contribution in [0, 0.1) is 0 Å². The van der Waals surface area contributed by atoms with Gasteiger partial charge in [0.1, 0.15) is 5.82 Å². The summed E-state index contributed by atoms with van der Waals surface area (Å²) in [6.07, 6.45) is 1.88. The predicted octanol–water partition coefficient (Wildman–Crippen LogP) is 1.63. The van der Waals surface area contributed by atoms with Crippen LogP contribution >= 0.6 is 0 Å². The van der Waals surface area contributed by atoms with Crippen molar-refractivity contribution in [1.82, 2.24) is 29.6 Å². The van der Waals surface area contributed by atoms with E-state index in [1.807, 2.05) is 0 Å². The average Bonchev–Trinajstić information content (AvgIpc) is 3.18. The fourth-order valence-electron chi connectivity index (χ4n) is 4.29.